The van der Waals surface area contributed by atoms with Crippen molar-refractivity contribution in [3.05, 3.63) is 54.1 Å². The molecule has 128 valence electrons. The molecule has 0 aromatic heterocycles. The minimum Gasteiger partial charge on any atom is -0.493 e. The summed E-state index contributed by atoms with van der Waals surface area (Å²) in [6.45, 7) is 3.74. The van der Waals surface area contributed by atoms with Gasteiger partial charge in [0.2, 0.25) is 0 Å². The first-order valence-electron chi connectivity index (χ1n) is 8.01. The molecule has 2 rings (SSSR count). The van der Waals surface area contributed by atoms with Crippen molar-refractivity contribution in [1.82, 2.24) is 5.32 Å². The summed E-state index contributed by atoms with van der Waals surface area (Å²) < 4.78 is 10.7. The Labute approximate surface area is 143 Å². The number of anilines is 1. The van der Waals surface area contributed by atoms with Gasteiger partial charge in [-0.2, -0.15) is 0 Å². The van der Waals surface area contributed by atoms with Crippen molar-refractivity contribution in [2.45, 2.75) is 6.92 Å². The van der Waals surface area contributed by atoms with E-state index in [2.05, 4.69) is 10.2 Å². The second kappa shape index (κ2) is 8.82. The molecule has 0 aliphatic heterocycles. The van der Waals surface area contributed by atoms with Gasteiger partial charge in [-0.15, -0.1) is 0 Å². The van der Waals surface area contributed by atoms with E-state index in [9.17, 15) is 4.79 Å². The van der Waals surface area contributed by atoms with Gasteiger partial charge in [0, 0.05) is 31.4 Å². The van der Waals surface area contributed by atoms with Crippen LogP contribution < -0.4 is 19.7 Å². The number of carbonyl (C=O) groups is 1. The minimum atomic E-state index is -0.127. The number of para-hydroxylation sites is 1. The molecule has 0 aliphatic rings. The Bertz CT molecular complexity index is 659. The number of hydrogen-bond donors (Lipinski definition) is 1. The molecular weight excluding hydrogens is 304 g/mol. The maximum Gasteiger partial charge on any atom is 0.251 e. The predicted octanol–water partition coefficient (Wildman–Crippen LogP) is 2.96. The molecule has 5 nitrogen and oxygen atoms in total. The van der Waals surface area contributed by atoms with Gasteiger partial charge in [-0.1, -0.05) is 18.2 Å². The van der Waals surface area contributed by atoms with Crippen molar-refractivity contribution in [3.63, 3.8) is 0 Å². The molecule has 5 heteroatoms. The Kier molecular flexibility index (Phi) is 6.49. The Morgan fingerprint density at radius 1 is 1.12 bits per heavy atom. The van der Waals surface area contributed by atoms with Crippen molar-refractivity contribution in [2.24, 2.45) is 0 Å². The third-order valence-electron chi connectivity index (χ3n) is 3.66. The maximum absolute atomic E-state index is 12.3. The first-order chi connectivity index (χ1) is 11.7. The van der Waals surface area contributed by atoms with E-state index in [0.29, 0.717) is 30.2 Å². The average Bonchev–Trinajstić information content (AvgIpc) is 2.62. The molecular formula is C19H24N2O3. The quantitative estimate of drug-likeness (QED) is 0.809. The summed E-state index contributed by atoms with van der Waals surface area (Å²) in [5.41, 5.74) is 1.67. The molecule has 0 spiro atoms. The van der Waals surface area contributed by atoms with Crippen LogP contribution in [-0.2, 0) is 0 Å². The lowest BCUT2D eigenvalue weighted by molar-refractivity contribution is 0.0954. The molecule has 24 heavy (non-hydrogen) atoms. The van der Waals surface area contributed by atoms with E-state index >= 15 is 0 Å². The summed E-state index contributed by atoms with van der Waals surface area (Å²) in [6, 6.07) is 15.3. The lowest BCUT2D eigenvalue weighted by atomic mass is 10.2. The lowest BCUT2D eigenvalue weighted by Gasteiger charge is -2.19. The van der Waals surface area contributed by atoms with Gasteiger partial charge < -0.3 is 19.7 Å². The van der Waals surface area contributed by atoms with E-state index in [4.69, 9.17) is 9.47 Å². The largest absolute Gasteiger partial charge is 0.493 e. The third-order valence-corrected chi connectivity index (χ3v) is 3.66. The molecule has 2 aromatic rings. The second-order valence-electron chi connectivity index (χ2n) is 5.31. The SMILES string of the molecule is CCOc1ccc(C(=O)NCCN(C)c2ccccc2)cc1OC. The van der Waals surface area contributed by atoms with Crippen LogP contribution in [0.1, 0.15) is 17.3 Å². The van der Waals surface area contributed by atoms with Crippen LogP contribution in [0.3, 0.4) is 0 Å². The average molecular weight is 328 g/mol. The Hall–Kier alpha value is -2.69. The van der Waals surface area contributed by atoms with Gasteiger partial charge in [-0.05, 0) is 37.3 Å². The van der Waals surface area contributed by atoms with Gasteiger partial charge in [0.05, 0.1) is 13.7 Å². The lowest BCUT2D eigenvalue weighted by Crippen LogP contribution is -2.32. The highest BCUT2D eigenvalue weighted by Crippen LogP contribution is 2.27. The Balaban J connectivity index is 1.90. The minimum absolute atomic E-state index is 0.127. The van der Waals surface area contributed by atoms with Gasteiger partial charge in [0.25, 0.3) is 5.91 Å². The normalized spacial score (nSPS) is 10.1. The number of carbonyl (C=O) groups excluding carboxylic acids is 1. The van der Waals surface area contributed by atoms with Crippen molar-refractivity contribution in [2.75, 3.05) is 38.8 Å². The number of likely N-dealkylation sites (N-methyl/N-ethyl adjacent to an activating group) is 1. The molecule has 0 unspecified atom stereocenters. The van der Waals surface area contributed by atoms with Crippen LogP contribution in [-0.4, -0.2) is 39.8 Å². The summed E-state index contributed by atoms with van der Waals surface area (Å²) >= 11 is 0. The fourth-order valence-electron chi connectivity index (χ4n) is 2.33. The molecule has 0 radical (unpaired) electrons. The fraction of sp³-hybridized carbons (Fsp3) is 0.316. The zero-order chi connectivity index (χ0) is 17.4. The smallest absolute Gasteiger partial charge is 0.251 e. The summed E-state index contributed by atoms with van der Waals surface area (Å²) in [6.07, 6.45) is 0. The topological polar surface area (TPSA) is 50.8 Å². The molecule has 0 bridgehead atoms. The molecule has 0 saturated carbocycles. The number of nitrogens with zero attached hydrogens (tertiary/aromatic N) is 1. The highest BCUT2D eigenvalue weighted by Gasteiger charge is 2.11. The number of hydrogen-bond acceptors (Lipinski definition) is 4. The highest BCUT2D eigenvalue weighted by molar-refractivity contribution is 5.94. The molecule has 0 fully saturated rings. The summed E-state index contributed by atoms with van der Waals surface area (Å²) in [5.74, 6) is 1.07. The summed E-state index contributed by atoms with van der Waals surface area (Å²) in [4.78, 5) is 14.4. The van der Waals surface area contributed by atoms with E-state index in [1.807, 2.05) is 44.3 Å². The van der Waals surface area contributed by atoms with Gasteiger partial charge in [0.15, 0.2) is 11.5 Å². The molecule has 0 saturated heterocycles. The molecule has 1 amide bonds. The van der Waals surface area contributed by atoms with Crippen LogP contribution in [0.15, 0.2) is 48.5 Å². The van der Waals surface area contributed by atoms with Gasteiger partial charge in [-0.3, -0.25) is 4.79 Å². The first kappa shape index (κ1) is 17.7. The second-order valence-corrected chi connectivity index (χ2v) is 5.31. The van der Waals surface area contributed by atoms with Crippen molar-refractivity contribution in [1.29, 1.82) is 0 Å². The summed E-state index contributed by atoms with van der Waals surface area (Å²) in [5, 5.41) is 2.93. The van der Waals surface area contributed by atoms with Crippen LogP contribution in [0.2, 0.25) is 0 Å². The van der Waals surface area contributed by atoms with Crippen molar-refractivity contribution >= 4 is 11.6 Å². The number of methoxy groups -OCH3 is 1. The van der Waals surface area contributed by atoms with Crippen molar-refractivity contribution in [3.8, 4) is 11.5 Å². The Morgan fingerprint density at radius 3 is 2.54 bits per heavy atom. The van der Waals surface area contributed by atoms with E-state index in [1.165, 1.54) is 0 Å². The highest BCUT2D eigenvalue weighted by atomic mass is 16.5. The van der Waals surface area contributed by atoms with Crippen LogP contribution in [0.25, 0.3) is 0 Å². The van der Waals surface area contributed by atoms with E-state index in [-0.39, 0.29) is 5.91 Å². The number of benzene rings is 2. The first-order valence-corrected chi connectivity index (χ1v) is 8.01. The number of nitrogens with one attached hydrogen (secondary N) is 1. The maximum atomic E-state index is 12.3. The fourth-order valence-corrected chi connectivity index (χ4v) is 2.33. The predicted molar refractivity (Wildman–Crippen MR) is 96.2 cm³/mol. The zero-order valence-electron chi connectivity index (χ0n) is 14.4. The van der Waals surface area contributed by atoms with Crippen molar-refractivity contribution < 1.29 is 14.3 Å². The van der Waals surface area contributed by atoms with Gasteiger partial charge >= 0.3 is 0 Å². The molecule has 1 N–H and O–H groups in total. The Morgan fingerprint density at radius 2 is 1.88 bits per heavy atom. The molecule has 0 aliphatic carbocycles. The number of ether oxygens (including phenoxy) is 2. The van der Waals surface area contributed by atoms with Crippen LogP contribution in [0.4, 0.5) is 5.69 Å². The van der Waals surface area contributed by atoms with E-state index in [0.717, 1.165) is 12.2 Å². The zero-order valence-corrected chi connectivity index (χ0v) is 14.4. The third kappa shape index (κ3) is 4.65. The summed E-state index contributed by atoms with van der Waals surface area (Å²) in [7, 11) is 3.57. The molecule has 2 aromatic carbocycles. The van der Waals surface area contributed by atoms with Crippen LogP contribution in [0.5, 0.6) is 11.5 Å². The van der Waals surface area contributed by atoms with Crippen LogP contribution >= 0.6 is 0 Å². The molecule has 0 atom stereocenters. The monoisotopic (exact) mass is 328 g/mol. The number of amides is 1. The van der Waals surface area contributed by atoms with Gasteiger partial charge in [-0.25, -0.2) is 0 Å². The van der Waals surface area contributed by atoms with Gasteiger partial charge in [0.1, 0.15) is 0 Å². The molecule has 0 heterocycles. The number of rotatable bonds is 8. The van der Waals surface area contributed by atoms with E-state index < -0.39 is 0 Å². The standard InChI is InChI=1S/C19H24N2O3/c1-4-24-17-11-10-15(14-18(17)23-3)19(22)20-12-13-21(2)16-8-6-5-7-9-16/h5-11,14H,4,12-13H2,1-3H3,(H,20,22). The van der Waals surface area contributed by atoms with Crippen LogP contribution in [0, 0.1) is 0 Å². The van der Waals surface area contributed by atoms with E-state index in [1.54, 1.807) is 25.3 Å².